The van der Waals surface area contributed by atoms with E-state index >= 15 is 0 Å². The summed E-state index contributed by atoms with van der Waals surface area (Å²) in [5.41, 5.74) is 7.64. The fraction of sp³-hybridized carbons (Fsp3) is 0.571. The van der Waals surface area contributed by atoms with E-state index in [0.717, 1.165) is 35.3 Å². The van der Waals surface area contributed by atoms with E-state index in [9.17, 15) is 4.79 Å². The number of thiophene rings is 1. The van der Waals surface area contributed by atoms with Crippen molar-refractivity contribution in [3.05, 3.63) is 10.6 Å². The van der Waals surface area contributed by atoms with Crippen molar-refractivity contribution >= 4 is 33.1 Å². The summed E-state index contributed by atoms with van der Waals surface area (Å²) in [5.74, 6) is 0.00912. The molecule has 1 amide bonds. The highest BCUT2D eigenvalue weighted by Gasteiger charge is 2.28. The number of aromatic nitrogens is 2. The largest absolute Gasteiger partial charge is 0.397 e. The Morgan fingerprint density at radius 1 is 1.52 bits per heavy atom. The number of hydrogen-bond acceptors (Lipinski definition) is 5. The lowest BCUT2D eigenvalue weighted by Gasteiger charge is -2.31. The minimum atomic E-state index is 0.00912. The number of nitrogen functional groups attached to an aromatic ring is 1. The maximum atomic E-state index is 12.7. The number of nitrogens with zero attached hydrogens (tertiary/aromatic N) is 3. The molecule has 1 fully saturated rings. The Morgan fingerprint density at radius 3 is 2.95 bits per heavy atom. The number of carbonyl (C=O) groups is 1. The molecule has 3 heterocycles. The van der Waals surface area contributed by atoms with Gasteiger partial charge >= 0.3 is 0 Å². The van der Waals surface area contributed by atoms with E-state index in [-0.39, 0.29) is 12.0 Å². The molecule has 1 unspecified atom stereocenters. The van der Waals surface area contributed by atoms with Crippen LogP contribution in [0.4, 0.5) is 5.69 Å². The Balaban J connectivity index is 1.94. The summed E-state index contributed by atoms with van der Waals surface area (Å²) in [6, 6.07) is 0. The second-order valence-electron chi connectivity index (χ2n) is 5.49. The molecule has 1 atom stereocenters. The predicted molar refractivity (Wildman–Crippen MR) is 83.7 cm³/mol. The number of carbonyl (C=O) groups excluding carboxylic acids is 1. The van der Waals surface area contributed by atoms with Gasteiger partial charge in [0.2, 0.25) is 0 Å². The van der Waals surface area contributed by atoms with E-state index in [1.54, 1.807) is 11.8 Å². The maximum absolute atomic E-state index is 12.7. The van der Waals surface area contributed by atoms with Crippen LogP contribution in [0.25, 0.3) is 10.2 Å². The molecule has 6 nitrogen and oxygen atoms in total. The van der Waals surface area contributed by atoms with Crippen LogP contribution < -0.4 is 5.73 Å². The minimum absolute atomic E-state index is 0.00912. The van der Waals surface area contributed by atoms with Gasteiger partial charge in [0.05, 0.1) is 22.9 Å². The number of aryl methyl sites for hydroxylation is 2. The molecule has 3 rings (SSSR count). The lowest BCUT2D eigenvalue weighted by molar-refractivity contribution is 0.0272. The van der Waals surface area contributed by atoms with Crippen LogP contribution in [0.2, 0.25) is 0 Å². The van der Waals surface area contributed by atoms with E-state index in [4.69, 9.17) is 10.5 Å². The van der Waals surface area contributed by atoms with Crippen LogP contribution in [-0.4, -0.2) is 46.9 Å². The Labute approximate surface area is 127 Å². The standard InChI is InChI=1S/C14H20N4O2S/c1-8-10-11(15)12(21-14(10)17(2)16-8)13(19)18-6-4-5-9(7-18)20-3/h9H,4-7,15H2,1-3H3. The summed E-state index contributed by atoms with van der Waals surface area (Å²) in [7, 11) is 3.57. The van der Waals surface area contributed by atoms with Crippen LogP contribution in [0.5, 0.6) is 0 Å². The van der Waals surface area contributed by atoms with Crippen LogP contribution in [0.3, 0.4) is 0 Å². The SMILES string of the molecule is COC1CCCN(C(=O)c2sc3c(c(C)nn3C)c2N)C1. The van der Waals surface area contributed by atoms with Crippen molar-refractivity contribution in [2.45, 2.75) is 25.9 Å². The highest BCUT2D eigenvalue weighted by Crippen LogP contribution is 2.36. The topological polar surface area (TPSA) is 73.4 Å². The van der Waals surface area contributed by atoms with E-state index in [2.05, 4.69) is 5.10 Å². The van der Waals surface area contributed by atoms with Gasteiger partial charge in [-0.2, -0.15) is 5.10 Å². The molecule has 21 heavy (non-hydrogen) atoms. The number of anilines is 1. The molecule has 114 valence electrons. The third kappa shape index (κ3) is 2.30. The zero-order valence-electron chi connectivity index (χ0n) is 12.5. The molecule has 0 bridgehead atoms. The number of amides is 1. The quantitative estimate of drug-likeness (QED) is 0.917. The Hall–Kier alpha value is -1.60. The first kappa shape index (κ1) is 14.3. The zero-order valence-corrected chi connectivity index (χ0v) is 13.4. The van der Waals surface area contributed by atoms with Crippen LogP contribution in [0.1, 0.15) is 28.2 Å². The van der Waals surface area contributed by atoms with E-state index in [0.29, 0.717) is 17.1 Å². The molecule has 0 saturated carbocycles. The normalized spacial score (nSPS) is 19.4. The summed E-state index contributed by atoms with van der Waals surface area (Å²) in [4.78, 5) is 16.2. The lowest BCUT2D eigenvalue weighted by atomic mass is 10.1. The lowest BCUT2D eigenvalue weighted by Crippen LogP contribution is -2.42. The van der Waals surface area contributed by atoms with Gasteiger partial charge in [-0.05, 0) is 19.8 Å². The fourth-order valence-corrected chi connectivity index (χ4v) is 4.10. The Bertz CT molecular complexity index is 691. The molecule has 2 aromatic heterocycles. The number of methoxy groups -OCH3 is 1. The number of piperidine rings is 1. The first-order chi connectivity index (χ1) is 10.0. The van der Waals surface area contributed by atoms with E-state index in [1.807, 2.05) is 18.9 Å². The number of hydrogen-bond donors (Lipinski definition) is 1. The highest BCUT2D eigenvalue weighted by molar-refractivity contribution is 7.21. The Morgan fingerprint density at radius 2 is 2.29 bits per heavy atom. The van der Waals surface area contributed by atoms with Gasteiger partial charge < -0.3 is 15.4 Å². The second kappa shape index (κ2) is 5.31. The van der Waals surface area contributed by atoms with Crippen molar-refractivity contribution in [2.75, 3.05) is 25.9 Å². The molecule has 1 saturated heterocycles. The Kier molecular flexibility index (Phi) is 3.62. The van der Waals surface area contributed by atoms with E-state index < -0.39 is 0 Å². The second-order valence-corrected chi connectivity index (χ2v) is 6.48. The summed E-state index contributed by atoms with van der Waals surface area (Å²) in [6.07, 6.45) is 2.10. The third-order valence-electron chi connectivity index (χ3n) is 4.08. The molecular formula is C14H20N4O2S. The average Bonchev–Trinajstić information content (AvgIpc) is 2.97. The average molecular weight is 308 g/mol. The first-order valence-corrected chi connectivity index (χ1v) is 7.88. The third-order valence-corrected chi connectivity index (χ3v) is 5.34. The molecule has 2 aromatic rings. The van der Waals surface area contributed by atoms with Crippen molar-refractivity contribution in [2.24, 2.45) is 7.05 Å². The van der Waals surface area contributed by atoms with Gasteiger partial charge in [0.1, 0.15) is 9.71 Å². The van der Waals surface area contributed by atoms with Crippen LogP contribution >= 0.6 is 11.3 Å². The molecular weight excluding hydrogens is 288 g/mol. The van der Waals surface area contributed by atoms with Gasteiger partial charge in [0.25, 0.3) is 5.91 Å². The molecule has 7 heteroatoms. The molecule has 1 aliphatic rings. The summed E-state index contributed by atoms with van der Waals surface area (Å²) in [5, 5.41) is 5.26. The summed E-state index contributed by atoms with van der Waals surface area (Å²) < 4.78 is 7.17. The molecule has 0 aliphatic carbocycles. The van der Waals surface area contributed by atoms with Crippen molar-refractivity contribution in [1.82, 2.24) is 14.7 Å². The van der Waals surface area contributed by atoms with Gasteiger partial charge in [-0.3, -0.25) is 9.48 Å². The molecule has 0 radical (unpaired) electrons. The number of rotatable bonds is 2. The number of likely N-dealkylation sites (tertiary alicyclic amines) is 1. The van der Waals surface area contributed by atoms with Crippen molar-refractivity contribution < 1.29 is 9.53 Å². The van der Waals surface area contributed by atoms with Gasteiger partial charge in [-0.15, -0.1) is 11.3 Å². The van der Waals surface area contributed by atoms with Gasteiger partial charge in [0, 0.05) is 27.2 Å². The summed E-state index contributed by atoms with van der Waals surface area (Å²) in [6.45, 7) is 3.32. The van der Waals surface area contributed by atoms with Crippen LogP contribution in [0, 0.1) is 6.92 Å². The van der Waals surface area contributed by atoms with Crippen molar-refractivity contribution in [3.8, 4) is 0 Å². The van der Waals surface area contributed by atoms with Crippen molar-refractivity contribution in [1.29, 1.82) is 0 Å². The van der Waals surface area contributed by atoms with Gasteiger partial charge in [-0.25, -0.2) is 0 Å². The van der Waals surface area contributed by atoms with Crippen molar-refractivity contribution in [3.63, 3.8) is 0 Å². The predicted octanol–water partition coefficient (Wildman–Crippen LogP) is 1.78. The van der Waals surface area contributed by atoms with E-state index in [1.165, 1.54) is 11.3 Å². The fourth-order valence-electron chi connectivity index (χ4n) is 2.95. The highest BCUT2D eigenvalue weighted by atomic mass is 32.1. The van der Waals surface area contributed by atoms with Crippen LogP contribution in [0.15, 0.2) is 0 Å². The minimum Gasteiger partial charge on any atom is -0.397 e. The first-order valence-electron chi connectivity index (χ1n) is 7.06. The number of fused-ring (bicyclic) bond motifs is 1. The van der Waals surface area contributed by atoms with Gasteiger partial charge in [-0.1, -0.05) is 0 Å². The summed E-state index contributed by atoms with van der Waals surface area (Å²) >= 11 is 1.43. The molecule has 2 N–H and O–H groups in total. The molecule has 1 aliphatic heterocycles. The number of nitrogens with two attached hydrogens (primary N) is 1. The monoisotopic (exact) mass is 308 g/mol. The van der Waals surface area contributed by atoms with Gasteiger partial charge in [0.15, 0.2) is 0 Å². The molecule has 0 spiro atoms. The van der Waals surface area contributed by atoms with Crippen LogP contribution in [-0.2, 0) is 11.8 Å². The molecule has 0 aromatic carbocycles. The number of ether oxygens (including phenoxy) is 1. The maximum Gasteiger partial charge on any atom is 0.266 e. The smallest absolute Gasteiger partial charge is 0.266 e. The zero-order chi connectivity index (χ0) is 15.1.